The van der Waals surface area contributed by atoms with Gasteiger partial charge in [0.25, 0.3) is 0 Å². The van der Waals surface area contributed by atoms with Crippen LogP contribution >= 0.6 is 11.3 Å². The Kier molecular flexibility index (Phi) is 3.96. The average molecular weight is 256 g/mol. The van der Waals surface area contributed by atoms with Crippen LogP contribution in [-0.2, 0) is 9.47 Å². The van der Waals surface area contributed by atoms with Crippen LogP contribution in [-0.4, -0.2) is 37.3 Å². The van der Waals surface area contributed by atoms with Gasteiger partial charge in [0.05, 0.1) is 13.2 Å². The first-order valence-corrected chi connectivity index (χ1v) is 6.44. The maximum absolute atomic E-state index is 11.2. The summed E-state index contributed by atoms with van der Waals surface area (Å²) in [6.45, 7) is 0. The Morgan fingerprint density at radius 3 is 3.00 bits per heavy atom. The van der Waals surface area contributed by atoms with Crippen LogP contribution in [0.4, 0.5) is 5.13 Å². The van der Waals surface area contributed by atoms with Crippen molar-refractivity contribution < 1.29 is 14.3 Å². The number of esters is 1. The van der Waals surface area contributed by atoms with Crippen molar-refractivity contribution in [3.8, 4) is 0 Å². The van der Waals surface area contributed by atoms with Gasteiger partial charge in [-0.05, 0) is 19.3 Å². The minimum Gasteiger partial charge on any atom is -0.464 e. The van der Waals surface area contributed by atoms with Gasteiger partial charge in [-0.15, -0.1) is 11.3 Å². The molecule has 0 spiro atoms. The zero-order valence-corrected chi connectivity index (χ0v) is 10.8. The van der Waals surface area contributed by atoms with Crippen LogP contribution in [0.1, 0.15) is 29.8 Å². The van der Waals surface area contributed by atoms with E-state index in [-0.39, 0.29) is 0 Å². The van der Waals surface area contributed by atoms with Crippen molar-refractivity contribution in [2.24, 2.45) is 0 Å². The molecule has 2 unspecified atom stereocenters. The third kappa shape index (κ3) is 2.95. The molecule has 1 aromatic heterocycles. The third-order valence-electron chi connectivity index (χ3n) is 2.94. The summed E-state index contributed by atoms with van der Waals surface area (Å²) in [5.74, 6) is -0.393. The Bertz CT molecular complexity index is 394. The van der Waals surface area contributed by atoms with Crippen molar-refractivity contribution in [2.45, 2.75) is 31.4 Å². The fourth-order valence-corrected chi connectivity index (χ4v) is 2.76. The van der Waals surface area contributed by atoms with E-state index in [9.17, 15) is 4.79 Å². The number of aromatic nitrogens is 1. The number of nitrogens with one attached hydrogen (secondary N) is 1. The van der Waals surface area contributed by atoms with Crippen LogP contribution in [0.3, 0.4) is 0 Å². The molecule has 0 aliphatic heterocycles. The predicted molar refractivity (Wildman–Crippen MR) is 65.5 cm³/mol. The number of hydrogen-bond acceptors (Lipinski definition) is 6. The SMILES string of the molecule is COC(=O)c1csc(NC2CCC(OC)C2)n1. The molecule has 1 aliphatic carbocycles. The Morgan fingerprint density at radius 2 is 2.35 bits per heavy atom. The molecule has 17 heavy (non-hydrogen) atoms. The number of hydrogen-bond donors (Lipinski definition) is 1. The summed E-state index contributed by atoms with van der Waals surface area (Å²) in [6.07, 6.45) is 3.48. The first-order valence-electron chi connectivity index (χ1n) is 5.56. The van der Waals surface area contributed by atoms with Crippen molar-refractivity contribution in [3.05, 3.63) is 11.1 Å². The van der Waals surface area contributed by atoms with Crippen LogP contribution in [0, 0.1) is 0 Å². The van der Waals surface area contributed by atoms with Gasteiger partial charge in [0.1, 0.15) is 0 Å². The quantitative estimate of drug-likeness (QED) is 0.834. The number of carbonyl (C=O) groups excluding carboxylic acids is 1. The van der Waals surface area contributed by atoms with Crippen molar-refractivity contribution in [1.82, 2.24) is 4.98 Å². The number of thiazole rings is 1. The highest BCUT2D eigenvalue weighted by atomic mass is 32.1. The molecule has 6 heteroatoms. The molecule has 1 heterocycles. The first kappa shape index (κ1) is 12.3. The molecule has 1 fully saturated rings. The van der Waals surface area contributed by atoms with Gasteiger partial charge in [0.15, 0.2) is 10.8 Å². The van der Waals surface area contributed by atoms with Crippen molar-refractivity contribution in [3.63, 3.8) is 0 Å². The summed E-state index contributed by atoms with van der Waals surface area (Å²) >= 11 is 1.43. The van der Waals surface area contributed by atoms with E-state index in [1.54, 1.807) is 12.5 Å². The second-order valence-corrected chi connectivity index (χ2v) is 4.90. The van der Waals surface area contributed by atoms with Gasteiger partial charge in [-0.1, -0.05) is 0 Å². The number of carbonyl (C=O) groups is 1. The van der Waals surface area contributed by atoms with E-state index in [1.165, 1.54) is 18.4 Å². The van der Waals surface area contributed by atoms with E-state index < -0.39 is 5.97 Å². The van der Waals surface area contributed by atoms with E-state index in [4.69, 9.17) is 4.74 Å². The number of rotatable bonds is 4. The zero-order valence-electron chi connectivity index (χ0n) is 9.93. The Labute approximate surface area is 104 Å². The van der Waals surface area contributed by atoms with Crippen LogP contribution in [0.15, 0.2) is 5.38 Å². The zero-order chi connectivity index (χ0) is 12.3. The summed E-state index contributed by atoms with van der Waals surface area (Å²) in [6, 6.07) is 0.386. The topological polar surface area (TPSA) is 60.5 Å². The van der Waals surface area contributed by atoms with Crippen LogP contribution < -0.4 is 5.32 Å². The van der Waals surface area contributed by atoms with Crippen molar-refractivity contribution >= 4 is 22.4 Å². The lowest BCUT2D eigenvalue weighted by molar-refractivity contribution is 0.0595. The standard InChI is InChI=1S/C11H16N2O3S/c1-15-8-4-3-7(5-8)12-11-13-9(6-17-11)10(14)16-2/h6-8H,3-5H2,1-2H3,(H,12,13). The van der Waals surface area contributed by atoms with Gasteiger partial charge < -0.3 is 14.8 Å². The molecule has 1 aromatic rings. The summed E-state index contributed by atoms with van der Waals surface area (Å²) in [7, 11) is 3.10. The maximum Gasteiger partial charge on any atom is 0.357 e. The second-order valence-electron chi connectivity index (χ2n) is 4.04. The van der Waals surface area contributed by atoms with E-state index in [0.29, 0.717) is 17.8 Å². The van der Waals surface area contributed by atoms with Gasteiger partial charge in [-0.2, -0.15) is 0 Å². The van der Waals surface area contributed by atoms with Gasteiger partial charge >= 0.3 is 5.97 Å². The van der Waals surface area contributed by atoms with Crippen LogP contribution in [0.25, 0.3) is 0 Å². The van der Waals surface area contributed by atoms with Gasteiger partial charge in [0, 0.05) is 18.5 Å². The molecule has 2 rings (SSSR count). The molecule has 1 saturated carbocycles. The van der Waals surface area contributed by atoms with Gasteiger partial charge in [-0.25, -0.2) is 9.78 Å². The second kappa shape index (κ2) is 5.46. The van der Waals surface area contributed by atoms with E-state index in [1.807, 2.05) is 0 Å². The molecule has 1 aliphatic rings. The van der Waals surface area contributed by atoms with Crippen molar-refractivity contribution in [2.75, 3.05) is 19.5 Å². The minimum absolute atomic E-state index is 0.340. The van der Waals surface area contributed by atoms with E-state index >= 15 is 0 Å². The molecule has 0 amide bonds. The molecule has 2 atom stereocenters. The molecule has 0 saturated heterocycles. The van der Waals surface area contributed by atoms with E-state index in [0.717, 1.165) is 24.4 Å². The van der Waals surface area contributed by atoms with E-state index in [2.05, 4.69) is 15.0 Å². The number of ether oxygens (including phenoxy) is 2. The highest BCUT2D eigenvalue weighted by Crippen LogP contribution is 2.26. The highest BCUT2D eigenvalue weighted by molar-refractivity contribution is 7.13. The maximum atomic E-state index is 11.2. The molecule has 0 radical (unpaired) electrons. The smallest absolute Gasteiger partial charge is 0.357 e. The minimum atomic E-state index is -0.393. The average Bonchev–Trinajstić information content (AvgIpc) is 2.97. The lowest BCUT2D eigenvalue weighted by Gasteiger charge is -2.11. The summed E-state index contributed by atoms with van der Waals surface area (Å²) in [5.41, 5.74) is 0.362. The summed E-state index contributed by atoms with van der Waals surface area (Å²) in [4.78, 5) is 15.4. The lowest BCUT2D eigenvalue weighted by Crippen LogP contribution is -2.17. The number of anilines is 1. The highest BCUT2D eigenvalue weighted by Gasteiger charge is 2.25. The summed E-state index contributed by atoms with van der Waals surface area (Å²) < 4.78 is 9.92. The Morgan fingerprint density at radius 1 is 1.53 bits per heavy atom. The molecule has 94 valence electrons. The largest absolute Gasteiger partial charge is 0.464 e. The molecule has 1 N–H and O–H groups in total. The fraction of sp³-hybridized carbons (Fsp3) is 0.636. The molecular formula is C11H16N2O3S. The molecule has 5 nitrogen and oxygen atoms in total. The molecule has 0 aromatic carbocycles. The van der Waals surface area contributed by atoms with Crippen LogP contribution in [0.2, 0.25) is 0 Å². The molecule has 0 bridgehead atoms. The number of nitrogens with zero attached hydrogens (tertiary/aromatic N) is 1. The first-order chi connectivity index (χ1) is 8.22. The van der Waals surface area contributed by atoms with Crippen LogP contribution in [0.5, 0.6) is 0 Å². The summed E-state index contributed by atoms with van der Waals surface area (Å²) in [5, 5.41) is 5.80. The molecular weight excluding hydrogens is 240 g/mol. The van der Waals surface area contributed by atoms with Gasteiger partial charge in [-0.3, -0.25) is 0 Å². The fourth-order valence-electron chi connectivity index (χ4n) is 2.00. The van der Waals surface area contributed by atoms with Crippen molar-refractivity contribution in [1.29, 1.82) is 0 Å². The number of methoxy groups -OCH3 is 2. The van der Waals surface area contributed by atoms with Gasteiger partial charge in [0.2, 0.25) is 0 Å². The normalized spacial score (nSPS) is 23.6. The third-order valence-corrected chi connectivity index (χ3v) is 3.72. The Hall–Kier alpha value is -1.14. The predicted octanol–water partition coefficient (Wildman–Crippen LogP) is 1.91. The Balaban J connectivity index is 1.91. The lowest BCUT2D eigenvalue weighted by atomic mass is 10.2. The monoisotopic (exact) mass is 256 g/mol.